The van der Waals surface area contributed by atoms with E-state index in [1.807, 2.05) is 66.4 Å². The summed E-state index contributed by atoms with van der Waals surface area (Å²) in [5, 5.41) is 0.522. The van der Waals surface area contributed by atoms with Crippen molar-refractivity contribution in [2.45, 2.75) is 78.2 Å². The Morgan fingerprint density at radius 1 is 0.878 bits per heavy atom. The predicted molar refractivity (Wildman–Crippen MR) is 167 cm³/mol. The number of hydrogen-bond donors (Lipinski definition) is 0. The SMILES string of the molecule is CCCCCCN(C(=O)c1ccc(CCCCC)cc1)C(C)c1nc2ccccc2c(=O)n1-c1ccccc1OC. The highest BCUT2D eigenvalue weighted by Crippen LogP contribution is 2.29. The molecule has 1 unspecified atom stereocenters. The molecule has 6 nitrogen and oxygen atoms in total. The van der Waals surface area contributed by atoms with E-state index in [4.69, 9.17) is 9.72 Å². The minimum Gasteiger partial charge on any atom is -0.495 e. The zero-order valence-electron chi connectivity index (χ0n) is 24.9. The molecule has 41 heavy (non-hydrogen) atoms. The lowest BCUT2D eigenvalue weighted by atomic mass is 10.0. The number of aromatic nitrogens is 2. The summed E-state index contributed by atoms with van der Waals surface area (Å²) in [6, 6.07) is 22.4. The lowest BCUT2D eigenvalue weighted by Gasteiger charge is -2.31. The third-order valence-electron chi connectivity index (χ3n) is 7.75. The molecular formula is C35H43N3O3. The molecule has 3 aromatic carbocycles. The fraction of sp³-hybridized carbons (Fsp3) is 0.400. The van der Waals surface area contributed by atoms with Gasteiger partial charge < -0.3 is 9.64 Å². The summed E-state index contributed by atoms with van der Waals surface area (Å²) in [6.07, 6.45) is 8.70. The van der Waals surface area contributed by atoms with Crippen LogP contribution in [-0.2, 0) is 6.42 Å². The number of nitrogens with zero attached hydrogens (tertiary/aromatic N) is 3. The summed E-state index contributed by atoms with van der Waals surface area (Å²) >= 11 is 0. The highest BCUT2D eigenvalue weighted by molar-refractivity contribution is 5.94. The normalized spacial score (nSPS) is 11.9. The Kier molecular flexibility index (Phi) is 10.7. The maximum absolute atomic E-state index is 14.1. The van der Waals surface area contributed by atoms with Gasteiger partial charge in [-0.2, -0.15) is 0 Å². The third-order valence-corrected chi connectivity index (χ3v) is 7.75. The van der Waals surface area contributed by atoms with Gasteiger partial charge in [-0.3, -0.25) is 14.2 Å². The Bertz CT molecular complexity index is 1490. The molecule has 1 atom stereocenters. The van der Waals surface area contributed by atoms with E-state index in [1.54, 1.807) is 17.7 Å². The van der Waals surface area contributed by atoms with Crippen LogP contribution in [0.1, 0.15) is 93.5 Å². The fourth-order valence-corrected chi connectivity index (χ4v) is 5.36. The van der Waals surface area contributed by atoms with Crippen molar-refractivity contribution in [1.29, 1.82) is 0 Å². The Balaban J connectivity index is 1.79. The topological polar surface area (TPSA) is 64.4 Å². The van der Waals surface area contributed by atoms with Crippen molar-refractivity contribution in [3.8, 4) is 11.4 Å². The van der Waals surface area contributed by atoms with Gasteiger partial charge in [-0.25, -0.2) is 4.98 Å². The van der Waals surface area contributed by atoms with E-state index < -0.39 is 6.04 Å². The molecule has 0 aliphatic heterocycles. The zero-order chi connectivity index (χ0) is 29.2. The minimum absolute atomic E-state index is 0.0527. The number of carbonyl (C=O) groups is 1. The maximum atomic E-state index is 14.1. The number of carbonyl (C=O) groups excluding carboxylic acids is 1. The van der Waals surface area contributed by atoms with Crippen molar-refractivity contribution < 1.29 is 9.53 Å². The summed E-state index contributed by atoms with van der Waals surface area (Å²) in [5.74, 6) is 1.03. The van der Waals surface area contributed by atoms with Crippen LogP contribution in [0.3, 0.4) is 0 Å². The van der Waals surface area contributed by atoms with Gasteiger partial charge in [0.05, 0.1) is 29.7 Å². The molecule has 1 heterocycles. The van der Waals surface area contributed by atoms with Crippen LogP contribution in [0.5, 0.6) is 5.75 Å². The summed E-state index contributed by atoms with van der Waals surface area (Å²) in [5.41, 5.74) is 2.93. The van der Waals surface area contributed by atoms with Crippen LogP contribution in [0.25, 0.3) is 16.6 Å². The average Bonchev–Trinajstić information content (AvgIpc) is 3.01. The highest BCUT2D eigenvalue weighted by atomic mass is 16.5. The summed E-state index contributed by atoms with van der Waals surface area (Å²) in [6.45, 7) is 6.93. The van der Waals surface area contributed by atoms with Gasteiger partial charge >= 0.3 is 0 Å². The standard InChI is InChI=1S/C35H43N3O3/c1-5-7-9-15-25-37(34(39)28-23-21-27(22-24-28)16-10-8-6-2)26(3)33-36-30-18-12-11-17-29(30)35(40)38(33)31-19-13-14-20-32(31)41-4/h11-14,17-24,26H,5-10,15-16,25H2,1-4H3. The number of rotatable bonds is 14. The molecule has 0 bridgehead atoms. The van der Waals surface area contributed by atoms with Crippen molar-refractivity contribution in [1.82, 2.24) is 14.5 Å². The first-order valence-electron chi connectivity index (χ1n) is 15.0. The molecule has 6 heteroatoms. The average molecular weight is 554 g/mol. The van der Waals surface area contributed by atoms with Crippen LogP contribution < -0.4 is 10.3 Å². The van der Waals surface area contributed by atoms with Gasteiger partial charge in [0.1, 0.15) is 11.6 Å². The van der Waals surface area contributed by atoms with Crippen LogP contribution in [0.15, 0.2) is 77.6 Å². The van der Waals surface area contributed by atoms with E-state index >= 15 is 0 Å². The summed E-state index contributed by atoms with van der Waals surface area (Å²) < 4.78 is 7.27. The van der Waals surface area contributed by atoms with Crippen LogP contribution >= 0.6 is 0 Å². The van der Waals surface area contributed by atoms with Gasteiger partial charge in [0.15, 0.2) is 0 Å². The molecule has 0 aliphatic rings. The minimum atomic E-state index is -0.462. The number of ether oxygens (including phenoxy) is 1. The second kappa shape index (κ2) is 14.6. The summed E-state index contributed by atoms with van der Waals surface area (Å²) in [4.78, 5) is 35.0. The number of methoxy groups -OCH3 is 1. The van der Waals surface area contributed by atoms with Gasteiger partial charge in [-0.05, 0) is 68.1 Å². The lowest BCUT2D eigenvalue weighted by molar-refractivity contribution is 0.0677. The predicted octanol–water partition coefficient (Wildman–Crippen LogP) is 7.91. The highest BCUT2D eigenvalue weighted by Gasteiger charge is 2.28. The molecule has 0 aliphatic carbocycles. The molecule has 0 radical (unpaired) electrons. The number of unbranched alkanes of at least 4 members (excludes halogenated alkanes) is 5. The molecule has 0 fully saturated rings. The molecule has 0 saturated carbocycles. The number of hydrogen-bond acceptors (Lipinski definition) is 4. The molecular weight excluding hydrogens is 510 g/mol. The van der Waals surface area contributed by atoms with E-state index in [1.165, 1.54) is 18.4 Å². The van der Waals surface area contributed by atoms with Crippen molar-refractivity contribution in [2.24, 2.45) is 0 Å². The van der Waals surface area contributed by atoms with E-state index in [-0.39, 0.29) is 11.5 Å². The van der Waals surface area contributed by atoms with Gasteiger partial charge in [-0.15, -0.1) is 0 Å². The van der Waals surface area contributed by atoms with Crippen molar-refractivity contribution in [2.75, 3.05) is 13.7 Å². The number of fused-ring (bicyclic) bond motifs is 1. The van der Waals surface area contributed by atoms with Crippen LogP contribution in [-0.4, -0.2) is 34.0 Å². The first kappa shape index (κ1) is 30.0. The fourth-order valence-electron chi connectivity index (χ4n) is 5.36. The first-order chi connectivity index (χ1) is 20.0. The van der Waals surface area contributed by atoms with E-state index in [2.05, 4.69) is 26.0 Å². The van der Waals surface area contributed by atoms with E-state index in [0.717, 1.165) is 38.5 Å². The second-order valence-corrected chi connectivity index (χ2v) is 10.7. The van der Waals surface area contributed by atoms with E-state index in [0.29, 0.717) is 40.3 Å². The van der Waals surface area contributed by atoms with Crippen molar-refractivity contribution in [3.05, 3.63) is 100 Å². The van der Waals surface area contributed by atoms with Crippen LogP contribution in [0.2, 0.25) is 0 Å². The summed E-state index contributed by atoms with van der Waals surface area (Å²) in [7, 11) is 1.59. The maximum Gasteiger partial charge on any atom is 0.266 e. The molecule has 216 valence electrons. The van der Waals surface area contributed by atoms with Crippen molar-refractivity contribution in [3.63, 3.8) is 0 Å². The third kappa shape index (κ3) is 7.05. The lowest BCUT2D eigenvalue weighted by Crippen LogP contribution is -2.38. The Labute approximate surface area is 244 Å². The molecule has 4 aromatic rings. The van der Waals surface area contributed by atoms with E-state index in [9.17, 15) is 9.59 Å². The molecule has 0 spiro atoms. The zero-order valence-corrected chi connectivity index (χ0v) is 24.9. The van der Waals surface area contributed by atoms with Crippen LogP contribution in [0.4, 0.5) is 0 Å². The Hall–Kier alpha value is -3.93. The van der Waals surface area contributed by atoms with Crippen LogP contribution in [0, 0.1) is 0 Å². The monoisotopic (exact) mass is 553 g/mol. The molecule has 0 saturated heterocycles. The molecule has 1 amide bonds. The molecule has 0 N–H and O–H groups in total. The Morgan fingerprint density at radius 2 is 1.56 bits per heavy atom. The Morgan fingerprint density at radius 3 is 2.29 bits per heavy atom. The van der Waals surface area contributed by atoms with Crippen molar-refractivity contribution >= 4 is 16.8 Å². The molecule has 4 rings (SSSR count). The van der Waals surface area contributed by atoms with Gasteiger partial charge in [0.25, 0.3) is 11.5 Å². The number of aryl methyl sites for hydroxylation is 1. The van der Waals surface area contributed by atoms with Gasteiger partial charge in [-0.1, -0.05) is 82.3 Å². The largest absolute Gasteiger partial charge is 0.495 e. The number of benzene rings is 3. The first-order valence-corrected chi connectivity index (χ1v) is 15.0. The second-order valence-electron chi connectivity index (χ2n) is 10.7. The molecule has 1 aromatic heterocycles. The van der Waals surface area contributed by atoms with Gasteiger partial charge in [0, 0.05) is 12.1 Å². The number of para-hydroxylation sites is 3. The quantitative estimate of drug-likeness (QED) is 0.149. The number of amides is 1. The smallest absolute Gasteiger partial charge is 0.266 e. The van der Waals surface area contributed by atoms with Gasteiger partial charge in [0.2, 0.25) is 0 Å².